The lowest BCUT2D eigenvalue weighted by atomic mass is 9.80. The summed E-state index contributed by atoms with van der Waals surface area (Å²) in [7, 11) is 1.69. The maximum atomic E-state index is 13.2. The van der Waals surface area contributed by atoms with Crippen molar-refractivity contribution >= 4 is 40.9 Å². The predicted octanol–water partition coefficient (Wildman–Crippen LogP) is 3.21. The molecule has 1 aromatic heterocycles. The molecule has 0 bridgehead atoms. The zero-order valence-electron chi connectivity index (χ0n) is 16.4. The van der Waals surface area contributed by atoms with Crippen molar-refractivity contribution in [2.75, 3.05) is 19.8 Å². The molecular formula is C21H23N3O3S2. The Morgan fingerprint density at radius 1 is 1.28 bits per heavy atom. The quantitative estimate of drug-likeness (QED) is 0.585. The van der Waals surface area contributed by atoms with Crippen LogP contribution in [-0.2, 0) is 28.1 Å². The minimum atomic E-state index is -1.00. The van der Waals surface area contributed by atoms with Crippen LogP contribution in [0.5, 0.6) is 0 Å². The van der Waals surface area contributed by atoms with Crippen LogP contribution in [0.2, 0.25) is 0 Å². The van der Waals surface area contributed by atoms with Crippen molar-refractivity contribution in [3.63, 3.8) is 0 Å². The van der Waals surface area contributed by atoms with Crippen molar-refractivity contribution in [1.29, 1.82) is 0 Å². The van der Waals surface area contributed by atoms with Gasteiger partial charge in [0.25, 0.3) is 5.91 Å². The number of rotatable bonds is 5. The number of thioether (sulfide) groups is 1. The van der Waals surface area contributed by atoms with Gasteiger partial charge in [0.1, 0.15) is 12.1 Å². The van der Waals surface area contributed by atoms with Gasteiger partial charge < -0.3 is 10.2 Å². The highest BCUT2D eigenvalue weighted by atomic mass is 32.2. The molecule has 1 aliphatic carbocycles. The molecule has 1 atom stereocenters. The van der Waals surface area contributed by atoms with E-state index in [4.69, 9.17) is 0 Å². The topological polar surface area (TPSA) is 69.7 Å². The van der Waals surface area contributed by atoms with Gasteiger partial charge in [0, 0.05) is 28.9 Å². The lowest BCUT2D eigenvalue weighted by Crippen LogP contribution is -2.46. The van der Waals surface area contributed by atoms with E-state index in [1.165, 1.54) is 0 Å². The third kappa shape index (κ3) is 3.55. The lowest BCUT2D eigenvalue weighted by Gasteiger charge is -2.31. The molecule has 0 radical (unpaired) electrons. The molecule has 2 aliphatic rings. The average molecular weight is 430 g/mol. The van der Waals surface area contributed by atoms with E-state index in [0.717, 1.165) is 38.6 Å². The Bertz CT molecular complexity index is 956. The third-order valence-electron chi connectivity index (χ3n) is 5.63. The molecule has 4 rings (SSSR count). The summed E-state index contributed by atoms with van der Waals surface area (Å²) in [5, 5.41) is 4.85. The summed E-state index contributed by atoms with van der Waals surface area (Å²) in [5.41, 5.74) is 0.892. The molecule has 1 saturated heterocycles. The summed E-state index contributed by atoms with van der Waals surface area (Å²) in [4.78, 5) is 43.5. The minimum Gasteiger partial charge on any atom is -0.340 e. The van der Waals surface area contributed by atoms with Crippen LogP contribution in [0.4, 0.5) is 4.79 Å². The number of nitrogens with one attached hydrogen (secondary N) is 1. The molecular weight excluding hydrogens is 406 g/mol. The van der Waals surface area contributed by atoms with Crippen LogP contribution in [0.25, 0.3) is 0 Å². The largest absolute Gasteiger partial charge is 0.340 e. The van der Waals surface area contributed by atoms with Gasteiger partial charge in [-0.25, -0.2) is 4.79 Å². The van der Waals surface area contributed by atoms with Crippen molar-refractivity contribution in [2.45, 2.75) is 36.2 Å². The Balaban J connectivity index is 1.46. The molecule has 8 heteroatoms. The number of amides is 4. The molecule has 152 valence electrons. The van der Waals surface area contributed by atoms with Crippen molar-refractivity contribution in [3.8, 4) is 0 Å². The maximum Gasteiger partial charge on any atom is 0.325 e. The monoisotopic (exact) mass is 429 g/mol. The number of urea groups is 1. The van der Waals surface area contributed by atoms with Crippen molar-refractivity contribution in [2.24, 2.45) is 0 Å². The standard InChI is InChI=1S/C21H23N3O3S2/c1-23(12-14-5-7-15(28-2)8-6-14)18(25)13-24-19(26)21(22-20(24)27)10-3-4-17-16(21)9-11-29-17/h5-9,11H,3-4,10,12-13H2,1-2H3,(H,22,27). The van der Waals surface area contributed by atoms with Gasteiger partial charge in [-0.1, -0.05) is 12.1 Å². The number of benzene rings is 1. The summed E-state index contributed by atoms with van der Waals surface area (Å²) in [5.74, 6) is -0.575. The summed E-state index contributed by atoms with van der Waals surface area (Å²) >= 11 is 3.28. The van der Waals surface area contributed by atoms with Gasteiger partial charge in [0.05, 0.1) is 0 Å². The van der Waals surface area contributed by atoms with E-state index < -0.39 is 11.6 Å². The first-order chi connectivity index (χ1) is 13.9. The van der Waals surface area contributed by atoms with Gasteiger partial charge in [0.2, 0.25) is 5.91 Å². The second-order valence-electron chi connectivity index (χ2n) is 7.44. The molecule has 0 saturated carbocycles. The normalized spacial score (nSPS) is 20.7. The SMILES string of the molecule is CSc1ccc(CN(C)C(=O)CN2C(=O)NC3(CCCc4sccc43)C2=O)cc1. The highest BCUT2D eigenvalue weighted by Crippen LogP contribution is 2.42. The maximum absolute atomic E-state index is 13.2. The fourth-order valence-electron chi connectivity index (χ4n) is 4.03. The second kappa shape index (κ2) is 7.84. The van der Waals surface area contributed by atoms with Crippen LogP contribution in [0.15, 0.2) is 40.6 Å². The predicted molar refractivity (Wildman–Crippen MR) is 114 cm³/mol. The minimum absolute atomic E-state index is 0.245. The number of hydrogen-bond acceptors (Lipinski definition) is 5. The molecule has 1 unspecified atom stereocenters. The van der Waals surface area contributed by atoms with Gasteiger partial charge in [-0.15, -0.1) is 23.1 Å². The molecule has 1 aromatic carbocycles. The van der Waals surface area contributed by atoms with Crippen LogP contribution in [0, 0.1) is 0 Å². The van der Waals surface area contributed by atoms with Gasteiger partial charge in [-0.05, 0) is 54.7 Å². The lowest BCUT2D eigenvalue weighted by molar-refractivity contribution is -0.139. The van der Waals surface area contributed by atoms with Gasteiger partial charge in [-0.2, -0.15) is 0 Å². The van der Waals surface area contributed by atoms with E-state index in [9.17, 15) is 14.4 Å². The zero-order chi connectivity index (χ0) is 20.6. The summed E-state index contributed by atoms with van der Waals surface area (Å²) < 4.78 is 0. The molecule has 29 heavy (non-hydrogen) atoms. The number of fused-ring (bicyclic) bond motifs is 2. The van der Waals surface area contributed by atoms with E-state index in [-0.39, 0.29) is 18.4 Å². The molecule has 1 aliphatic heterocycles. The van der Waals surface area contributed by atoms with Gasteiger partial charge in [0.15, 0.2) is 0 Å². The second-order valence-corrected chi connectivity index (χ2v) is 9.32. The molecule has 1 N–H and O–H groups in total. The van der Waals surface area contributed by atoms with Crippen LogP contribution < -0.4 is 5.32 Å². The smallest absolute Gasteiger partial charge is 0.325 e. The molecule has 6 nitrogen and oxygen atoms in total. The number of hydrogen-bond donors (Lipinski definition) is 1. The van der Waals surface area contributed by atoms with E-state index >= 15 is 0 Å². The summed E-state index contributed by atoms with van der Waals surface area (Å²) in [6, 6.07) is 9.44. The van der Waals surface area contributed by atoms with Crippen LogP contribution >= 0.6 is 23.1 Å². The fourth-order valence-corrected chi connectivity index (χ4v) is 5.44. The highest BCUT2D eigenvalue weighted by molar-refractivity contribution is 7.98. The Hall–Kier alpha value is -2.32. The molecule has 1 spiro atoms. The van der Waals surface area contributed by atoms with Gasteiger partial charge in [-0.3, -0.25) is 14.5 Å². The zero-order valence-corrected chi connectivity index (χ0v) is 18.1. The van der Waals surface area contributed by atoms with Gasteiger partial charge >= 0.3 is 6.03 Å². The number of carbonyl (C=O) groups excluding carboxylic acids is 3. The van der Waals surface area contributed by atoms with E-state index in [2.05, 4.69) is 5.32 Å². The van der Waals surface area contributed by atoms with Crippen molar-refractivity contribution in [3.05, 3.63) is 51.7 Å². The van der Waals surface area contributed by atoms with Crippen LogP contribution in [-0.4, -0.2) is 47.5 Å². The Morgan fingerprint density at radius 2 is 2.03 bits per heavy atom. The number of likely N-dealkylation sites (N-methyl/N-ethyl adjacent to an activating group) is 1. The summed E-state index contributed by atoms with van der Waals surface area (Å²) in [6.07, 6.45) is 4.35. The Kier molecular flexibility index (Phi) is 5.40. The fraction of sp³-hybridized carbons (Fsp3) is 0.381. The molecule has 1 fully saturated rings. The van der Waals surface area contributed by atoms with E-state index in [0.29, 0.717) is 13.0 Å². The van der Waals surface area contributed by atoms with Crippen LogP contribution in [0.3, 0.4) is 0 Å². The first kappa shape index (κ1) is 20.0. The Labute approximate surface area is 178 Å². The van der Waals surface area contributed by atoms with E-state index in [1.54, 1.807) is 35.0 Å². The summed E-state index contributed by atoms with van der Waals surface area (Å²) in [6.45, 7) is 0.183. The first-order valence-electron chi connectivity index (χ1n) is 9.52. The number of thiophene rings is 1. The van der Waals surface area contributed by atoms with Crippen LogP contribution in [0.1, 0.15) is 28.8 Å². The molecule has 2 aromatic rings. The molecule has 4 amide bonds. The Morgan fingerprint density at radius 3 is 2.76 bits per heavy atom. The van der Waals surface area contributed by atoms with Crippen molar-refractivity contribution < 1.29 is 14.4 Å². The van der Waals surface area contributed by atoms with Crippen molar-refractivity contribution in [1.82, 2.24) is 15.1 Å². The van der Waals surface area contributed by atoms with E-state index in [1.807, 2.05) is 42.0 Å². The molecule has 2 heterocycles. The number of aryl methyl sites for hydroxylation is 1. The number of nitrogens with zero attached hydrogens (tertiary/aromatic N) is 2. The average Bonchev–Trinajstić information content (AvgIpc) is 3.29. The number of imide groups is 1. The highest BCUT2D eigenvalue weighted by Gasteiger charge is 2.54. The first-order valence-corrected chi connectivity index (χ1v) is 11.6. The third-order valence-corrected chi connectivity index (χ3v) is 7.36. The number of carbonyl (C=O) groups is 3.